The summed E-state index contributed by atoms with van der Waals surface area (Å²) in [5.41, 5.74) is 6.32. The third kappa shape index (κ3) is 3.69. The lowest BCUT2D eigenvalue weighted by Crippen LogP contribution is -2.45. The third-order valence-electron chi connectivity index (χ3n) is 4.96. The molecule has 4 unspecified atom stereocenters. The van der Waals surface area contributed by atoms with Crippen LogP contribution in [0.1, 0.15) is 58.8 Å². The molecule has 0 amide bonds. The van der Waals surface area contributed by atoms with Crippen LogP contribution in [0, 0.1) is 11.8 Å². The summed E-state index contributed by atoms with van der Waals surface area (Å²) in [6.45, 7) is 7.36. The summed E-state index contributed by atoms with van der Waals surface area (Å²) in [4.78, 5) is 2.72. The SMILES string of the molecule is CC1CCC(N)C(CN2CCCCCC2C)C1. The highest BCUT2D eigenvalue weighted by atomic mass is 15.2. The minimum absolute atomic E-state index is 0.460. The third-order valence-corrected chi connectivity index (χ3v) is 4.96. The van der Waals surface area contributed by atoms with E-state index in [0.29, 0.717) is 6.04 Å². The smallest absolute Gasteiger partial charge is 0.00795 e. The van der Waals surface area contributed by atoms with Gasteiger partial charge in [-0.15, -0.1) is 0 Å². The van der Waals surface area contributed by atoms with Gasteiger partial charge in [0, 0.05) is 18.6 Å². The van der Waals surface area contributed by atoms with E-state index in [4.69, 9.17) is 5.73 Å². The molecule has 2 nitrogen and oxygen atoms in total. The monoisotopic (exact) mass is 238 g/mol. The van der Waals surface area contributed by atoms with Crippen LogP contribution in [-0.2, 0) is 0 Å². The Morgan fingerprint density at radius 1 is 1.06 bits per heavy atom. The fourth-order valence-corrected chi connectivity index (χ4v) is 3.64. The fraction of sp³-hybridized carbons (Fsp3) is 1.00. The topological polar surface area (TPSA) is 29.3 Å². The van der Waals surface area contributed by atoms with Gasteiger partial charge in [0.1, 0.15) is 0 Å². The van der Waals surface area contributed by atoms with Gasteiger partial charge >= 0.3 is 0 Å². The van der Waals surface area contributed by atoms with E-state index in [2.05, 4.69) is 18.7 Å². The first-order valence-corrected chi connectivity index (χ1v) is 7.66. The molecule has 2 fully saturated rings. The summed E-state index contributed by atoms with van der Waals surface area (Å²) in [6, 6.07) is 1.24. The lowest BCUT2D eigenvalue weighted by Gasteiger charge is -2.38. The molecule has 2 N–H and O–H groups in total. The molecule has 0 spiro atoms. The first-order valence-electron chi connectivity index (χ1n) is 7.66. The maximum absolute atomic E-state index is 6.32. The highest BCUT2D eigenvalue weighted by molar-refractivity contribution is 4.85. The van der Waals surface area contributed by atoms with E-state index < -0.39 is 0 Å². The standard InChI is InChI=1S/C15H30N2/c1-12-7-8-15(16)14(10-12)11-17-9-5-3-4-6-13(17)2/h12-15H,3-11,16H2,1-2H3. The van der Waals surface area contributed by atoms with Crippen molar-refractivity contribution in [3.05, 3.63) is 0 Å². The molecule has 1 aliphatic carbocycles. The van der Waals surface area contributed by atoms with Crippen molar-refractivity contribution < 1.29 is 0 Å². The van der Waals surface area contributed by atoms with Crippen molar-refractivity contribution in [2.75, 3.05) is 13.1 Å². The van der Waals surface area contributed by atoms with Crippen molar-refractivity contribution >= 4 is 0 Å². The zero-order chi connectivity index (χ0) is 12.3. The molecule has 17 heavy (non-hydrogen) atoms. The molecule has 2 aliphatic rings. The second-order valence-corrected chi connectivity index (χ2v) is 6.54. The van der Waals surface area contributed by atoms with Crippen molar-refractivity contribution in [3.8, 4) is 0 Å². The van der Waals surface area contributed by atoms with Crippen LogP contribution in [0.25, 0.3) is 0 Å². The van der Waals surface area contributed by atoms with Crippen molar-refractivity contribution in [1.82, 2.24) is 4.90 Å². The Bertz CT molecular complexity index is 229. The second-order valence-electron chi connectivity index (χ2n) is 6.54. The quantitative estimate of drug-likeness (QED) is 0.801. The summed E-state index contributed by atoms with van der Waals surface area (Å²) >= 11 is 0. The molecule has 1 aliphatic heterocycles. The molecular weight excluding hydrogens is 208 g/mol. The van der Waals surface area contributed by atoms with Crippen LogP contribution < -0.4 is 5.73 Å². The number of hydrogen-bond acceptors (Lipinski definition) is 2. The molecule has 1 saturated carbocycles. The second kappa shape index (κ2) is 6.19. The average Bonchev–Trinajstić information content (AvgIpc) is 2.50. The highest BCUT2D eigenvalue weighted by Crippen LogP contribution is 2.30. The van der Waals surface area contributed by atoms with E-state index >= 15 is 0 Å². The van der Waals surface area contributed by atoms with E-state index in [1.807, 2.05) is 0 Å². The maximum atomic E-state index is 6.32. The Hall–Kier alpha value is -0.0800. The predicted octanol–water partition coefficient (Wildman–Crippen LogP) is 3.01. The van der Waals surface area contributed by atoms with Crippen LogP contribution in [0.5, 0.6) is 0 Å². The van der Waals surface area contributed by atoms with Gasteiger partial charge in [-0.3, -0.25) is 0 Å². The molecule has 1 heterocycles. The minimum Gasteiger partial charge on any atom is -0.327 e. The molecule has 0 aromatic heterocycles. The van der Waals surface area contributed by atoms with Crippen LogP contribution in [0.3, 0.4) is 0 Å². The summed E-state index contributed by atoms with van der Waals surface area (Å²) in [5.74, 6) is 1.64. The van der Waals surface area contributed by atoms with E-state index in [1.165, 1.54) is 58.0 Å². The first kappa shape index (κ1) is 13.4. The summed E-state index contributed by atoms with van der Waals surface area (Å²) in [7, 11) is 0. The number of rotatable bonds is 2. The van der Waals surface area contributed by atoms with Crippen molar-refractivity contribution in [2.45, 2.75) is 70.9 Å². The normalized spacial score (nSPS) is 41.1. The molecule has 0 bridgehead atoms. The Morgan fingerprint density at radius 2 is 1.88 bits per heavy atom. The molecule has 4 atom stereocenters. The van der Waals surface area contributed by atoms with Crippen LogP contribution in [0.15, 0.2) is 0 Å². The van der Waals surface area contributed by atoms with Gasteiger partial charge in [0.25, 0.3) is 0 Å². The molecule has 1 saturated heterocycles. The Labute approximate surface area is 107 Å². The largest absolute Gasteiger partial charge is 0.327 e. The van der Waals surface area contributed by atoms with Crippen LogP contribution in [-0.4, -0.2) is 30.1 Å². The molecule has 0 aromatic rings. The zero-order valence-electron chi connectivity index (χ0n) is 11.7. The molecule has 2 heteroatoms. The minimum atomic E-state index is 0.460. The van der Waals surface area contributed by atoms with Gasteiger partial charge in [-0.25, -0.2) is 0 Å². The van der Waals surface area contributed by atoms with Gasteiger partial charge in [-0.1, -0.05) is 19.8 Å². The summed E-state index contributed by atoms with van der Waals surface area (Å²) < 4.78 is 0. The van der Waals surface area contributed by atoms with Crippen LogP contribution >= 0.6 is 0 Å². The van der Waals surface area contributed by atoms with Gasteiger partial charge in [0.2, 0.25) is 0 Å². The molecule has 100 valence electrons. The lowest BCUT2D eigenvalue weighted by atomic mass is 9.79. The summed E-state index contributed by atoms with van der Waals surface area (Å²) in [6.07, 6.45) is 9.56. The molecule has 2 rings (SSSR count). The van der Waals surface area contributed by atoms with E-state index in [9.17, 15) is 0 Å². The number of likely N-dealkylation sites (tertiary alicyclic amines) is 1. The van der Waals surface area contributed by atoms with E-state index in [0.717, 1.165) is 17.9 Å². The van der Waals surface area contributed by atoms with Crippen LogP contribution in [0.4, 0.5) is 0 Å². The van der Waals surface area contributed by atoms with Crippen LogP contribution in [0.2, 0.25) is 0 Å². The Morgan fingerprint density at radius 3 is 2.71 bits per heavy atom. The van der Waals surface area contributed by atoms with E-state index in [-0.39, 0.29) is 0 Å². The Balaban J connectivity index is 1.89. The Kier molecular flexibility index (Phi) is 4.87. The molecular formula is C15H30N2. The highest BCUT2D eigenvalue weighted by Gasteiger charge is 2.29. The average molecular weight is 238 g/mol. The van der Waals surface area contributed by atoms with Gasteiger partial charge in [-0.05, 0) is 57.4 Å². The van der Waals surface area contributed by atoms with Crippen molar-refractivity contribution in [1.29, 1.82) is 0 Å². The predicted molar refractivity (Wildman–Crippen MR) is 74.0 cm³/mol. The molecule has 0 radical (unpaired) electrons. The molecule has 0 aromatic carbocycles. The fourth-order valence-electron chi connectivity index (χ4n) is 3.64. The number of nitrogens with two attached hydrogens (primary N) is 1. The van der Waals surface area contributed by atoms with Gasteiger partial charge in [-0.2, -0.15) is 0 Å². The summed E-state index contributed by atoms with van der Waals surface area (Å²) in [5, 5.41) is 0. The lowest BCUT2D eigenvalue weighted by molar-refractivity contribution is 0.133. The number of nitrogens with zero attached hydrogens (tertiary/aromatic N) is 1. The van der Waals surface area contributed by atoms with Gasteiger partial charge < -0.3 is 10.6 Å². The van der Waals surface area contributed by atoms with Gasteiger partial charge in [0.05, 0.1) is 0 Å². The van der Waals surface area contributed by atoms with E-state index in [1.54, 1.807) is 0 Å². The van der Waals surface area contributed by atoms with Crippen molar-refractivity contribution in [3.63, 3.8) is 0 Å². The first-order chi connectivity index (χ1) is 8.16. The maximum Gasteiger partial charge on any atom is 0.00795 e. The zero-order valence-corrected chi connectivity index (χ0v) is 11.7. The van der Waals surface area contributed by atoms with Gasteiger partial charge in [0.15, 0.2) is 0 Å². The number of hydrogen-bond donors (Lipinski definition) is 1. The van der Waals surface area contributed by atoms with Crippen molar-refractivity contribution in [2.24, 2.45) is 17.6 Å².